The number of amides is 1. The molecule has 9 heteroatoms. The van der Waals surface area contributed by atoms with Crippen LogP contribution in [0.5, 0.6) is 0 Å². The van der Waals surface area contributed by atoms with Gasteiger partial charge in [-0.05, 0) is 25.7 Å². The Labute approximate surface area is 105 Å². The first-order valence-electron chi connectivity index (χ1n) is 5.71. The second kappa shape index (κ2) is 5.56. The van der Waals surface area contributed by atoms with Crippen molar-refractivity contribution in [3.05, 3.63) is 0 Å². The molecule has 0 aromatic rings. The Bertz CT molecular complexity index is 305. The summed E-state index contributed by atoms with van der Waals surface area (Å²) in [6, 6.07) is -0.798. The van der Waals surface area contributed by atoms with Gasteiger partial charge in [0.15, 0.2) is 0 Å². The molecule has 1 amide bonds. The monoisotopic (exact) mass is 292 g/mol. The molecule has 0 atom stereocenters. The van der Waals surface area contributed by atoms with Crippen LogP contribution in [0.15, 0.2) is 0 Å². The van der Waals surface area contributed by atoms with Crippen LogP contribution in [-0.4, -0.2) is 30.3 Å². The zero-order valence-corrected chi connectivity index (χ0v) is 9.81. The van der Waals surface area contributed by atoms with Crippen LogP contribution in [-0.2, 0) is 4.79 Å². The molecular weight excluding hydrogens is 278 g/mol. The number of alkyl halides is 6. The minimum atomic E-state index is -5.65. The van der Waals surface area contributed by atoms with Crippen molar-refractivity contribution in [3.63, 3.8) is 0 Å². The van der Waals surface area contributed by atoms with Gasteiger partial charge < -0.3 is 11.1 Å². The summed E-state index contributed by atoms with van der Waals surface area (Å²) in [6.45, 7) is 0. The third-order valence-electron chi connectivity index (χ3n) is 3.04. The summed E-state index contributed by atoms with van der Waals surface area (Å²) in [5, 5.41) is 1.82. The molecule has 0 bridgehead atoms. The Balaban J connectivity index is 2.68. The van der Waals surface area contributed by atoms with Crippen LogP contribution in [0.25, 0.3) is 0 Å². The average molecular weight is 292 g/mol. The zero-order chi connectivity index (χ0) is 14.8. The van der Waals surface area contributed by atoms with Crippen molar-refractivity contribution >= 4 is 5.91 Å². The van der Waals surface area contributed by atoms with Crippen molar-refractivity contribution in [1.29, 1.82) is 0 Å². The summed E-state index contributed by atoms with van der Waals surface area (Å²) in [5.41, 5.74) is 5.55. The minimum Gasteiger partial charge on any atom is -0.353 e. The molecule has 3 nitrogen and oxygen atoms in total. The lowest BCUT2D eigenvalue weighted by atomic mass is 9.91. The average Bonchev–Trinajstić information content (AvgIpc) is 2.16. The fraction of sp³-hybridized carbons (Fsp3) is 0.900. The van der Waals surface area contributed by atoms with Crippen molar-refractivity contribution in [3.8, 4) is 0 Å². The maximum Gasteiger partial charge on any atom is 0.409 e. The molecule has 0 saturated heterocycles. The van der Waals surface area contributed by atoms with Crippen LogP contribution in [0.2, 0.25) is 0 Å². The van der Waals surface area contributed by atoms with Gasteiger partial charge in [-0.1, -0.05) is 0 Å². The predicted octanol–water partition coefficient (Wildman–Crippen LogP) is 2.11. The molecule has 1 aliphatic carbocycles. The highest BCUT2D eigenvalue weighted by Gasteiger charge is 2.61. The van der Waals surface area contributed by atoms with E-state index < -0.39 is 30.2 Å². The van der Waals surface area contributed by atoms with Gasteiger partial charge in [-0.15, -0.1) is 0 Å². The molecule has 0 aromatic heterocycles. The van der Waals surface area contributed by atoms with Crippen LogP contribution < -0.4 is 11.1 Å². The topological polar surface area (TPSA) is 55.1 Å². The highest BCUT2D eigenvalue weighted by Crippen LogP contribution is 2.39. The number of rotatable bonds is 2. The maximum absolute atomic E-state index is 12.3. The third kappa shape index (κ3) is 4.55. The van der Waals surface area contributed by atoms with Gasteiger partial charge in [0, 0.05) is 12.1 Å². The fourth-order valence-electron chi connectivity index (χ4n) is 2.03. The lowest BCUT2D eigenvalue weighted by molar-refractivity contribution is -0.274. The summed E-state index contributed by atoms with van der Waals surface area (Å²) in [5.74, 6) is -6.02. The quantitative estimate of drug-likeness (QED) is 0.766. The molecular formula is C10H14F6N2O. The van der Waals surface area contributed by atoms with Gasteiger partial charge in [-0.2, -0.15) is 26.3 Å². The lowest BCUT2D eigenvalue weighted by Crippen LogP contribution is -2.51. The molecule has 0 heterocycles. The summed E-state index contributed by atoms with van der Waals surface area (Å²) in [7, 11) is 0. The van der Waals surface area contributed by atoms with E-state index in [0.29, 0.717) is 12.8 Å². The Morgan fingerprint density at radius 3 is 1.79 bits per heavy atom. The zero-order valence-electron chi connectivity index (χ0n) is 9.81. The van der Waals surface area contributed by atoms with Gasteiger partial charge in [-0.3, -0.25) is 4.79 Å². The Kier molecular flexibility index (Phi) is 4.70. The number of carbonyl (C=O) groups is 1. The van der Waals surface area contributed by atoms with Crippen molar-refractivity contribution in [1.82, 2.24) is 5.32 Å². The van der Waals surface area contributed by atoms with Crippen LogP contribution in [0, 0.1) is 5.92 Å². The minimum absolute atomic E-state index is 0.116. The Morgan fingerprint density at radius 2 is 1.42 bits per heavy atom. The van der Waals surface area contributed by atoms with E-state index in [4.69, 9.17) is 5.73 Å². The number of halogens is 6. The summed E-state index contributed by atoms with van der Waals surface area (Å²) < 4.78 is 73.7. The predicted molar refractivity (Wildman–Crippen MR) is 54.0 cm³/mol. The lowest BCUT2D eigenvalue weighted by Gasteiger charge is -2.29. The molecule has 0 aromatic carbocycles. The number of carbonyl (C=O) groups excluding carboxylic acids is 1. The highest BCUT2D eigenvalue weighted by molar-refractivity contribution is 5.80. The largest absolute Gasteiger partial charge is 0.409 e. The van der Waals surface area contributed by atoms with E-state index in [1.54, 1.807) is 0 Å². The summed E-state index contributed by atoms with van der Waals surface area (Å²) in [4.78, 5) is 11.2. The maximum atomic E-state index is 12.3. The first kappa shape index (κ1) is 16.1. The van der Waals surface area contributed by atoms with Gasteiger partial charge in [0.25, 0.3) is 0 Å². The van der Waals surface area contributed by atoms with Gasteiger partial charge in [0.2, 0.25) is 11.8 Å². The van der Waals surface area contributed by atoms with Crippen LogP contribution >= 0.6 is 0 Å². The number of hydrogen-bond acceptors (Lipinski definition) is 2. The molecule has 1 rings (SSSR count). The van der Waals surface area contributed by atoms with E-state index in [0.717, 1.165) is 0 Å². The van der Waals surface area contributed by atoms with Crippen molar-refractivity contribution in [2.24, 2.45) is 11.7 Å². The van der Waals surface area contributed by atoms with Crippen molar-refractivity contribution < 1.29 is 31.1 Å². The molecule has 0 unspecified atom stereocenters. The van der Waals surface area contributed by atoms with E-state index in [9.17, 15) is 31.1 Å². The van der Waals surface area contributed by atoms with Gasteiger partial charge in [-0.25, -0.2) is 0 Å². The molecule has 1 aliphatic rings. The van der Waals surface area contributed by atoms with Gasteiger partial charge in [0.1, 0.15) is 0 Å². The van der Waals surface area contributed by atoms with E-state index in [1.165, 1.54) is 0 Å². The molecule has 112 valence electrons. The summed E-state index contributed by atoms with van der Waals surface area (Å²) in [6.07, 6.45) is -9.78. The second-order valence-corrected chi connectivity index (χ2v) is 4.64. The smallest absolute Gasteiger partial charge is 0.353 e. The molecule has 3 N–H and O–H groups in total. The van der Waals surface area contributed by atoms with E-state index >= 15 is 0 Å². The number of nitrogens with two attached hydrogens (primary N) is 1. The molecule has 19 heavy (non-hydrogen) atoms. The molecule has 0 aliphatic heterocycles. The van der Waals surface area contributed by atoms with Gasteiger partial charge >= 0.3 is 12.4 Å². The molecule has 0 spiro atoms. The third-order valence-corrected chi connectivity index (χ3v) is 3.04. The second-order valence-electron chi connectivity index (χ2n) is 4.64. The van der Waals surface area contributed by atoms with Crippen LogP contribution in [0.1, 0.15) is 25.7 Å². The van der Waals surface area contributed by atoms with E-state index in [-0.39, 0.29) is 18.9 Å². The Hall–Kier alpha value is -0.990. The Morgan fingerprint density at radius 1 is 1.00 bits per heavy atom. The number of nitrogens with one attached hydrogen (secondary N) is 1. The first-order valence-corrected chi connectivity index (χ1v) is 5.71. The first-order chi connectivity index (χ1) is 8.51. The van der Waals surface area contributed by atoms with E-state index in [1.807, 2.05) is 5.32 Å². The SMILES string of the molecule is NC1CCC(NC(=O)C(C(F)(F)F)C(F)(F)F)CC1. The fourth-order valence-corrected chi connectivity index (χ4v) is 2.03. The number of hydrogen-bond donors (Lipinski definition) is 2. The van der Waals surface area contributed by atoms with Crippen LogP contribution in [0.4, 0.5) is 26.3 Å². The van der Waals surface area contributed by atoms with E-state index in [2.05, 4.69) is 0 Å². The normalized spacial score (nSPS) is 25.5. The van der Waals surface area contributed by atoms with Crippen molar-refractivity contribution in [2.75, 3.05) is 0 Å². The molecule has 1 fully saturated rings. The highest BCUT2D eigenvalue weighted by atomic mass is 19.4. The summed E-state index contributed by atoms with van der Waals surface area (Å²) >= 11 is 0. The van der Waals surface area contributed by atoms with Crippen molar-refractivity contribution in [2.45, 2.75) is 50.1 Å². The van der Waals surface area contributed by atoms with Gasteiger partial charge in [0.05, 0.1) is 0 Å². The molecule has 1 saturated carbocycles. The molecule has 0 radical (unpaired) electrons. The van der Waals surface area contributed by atoms with Crippen LogP contribution in [0.3, 0.4) is 0 Å². The standard InChI is InChI=1S/C10H14F6N2O/c11-9(12,13)7(10(14,15)16)8(19)18-6-3-1-5(17)2-4-6/h5-7H,1-4,17H2,(H,18,19).